The molecule has 1 aromatic carbocycles. The van der Waals surface area contributed by atoms with Crippen LogP contribution in [-0.2, 0) is 0 Å². The van der Waals surface area contributed by atoms with Crippen LogP contribution in [0.4, 0.5) is 26.3 Å². The maximum atomic E-state index is 15.8. The van der Waals surface area contributed by atoms with Crippen LogP contribution in [0.5, 0.6) is 5.75 Å². The summed E-state index contributed by atoms with van der Waals surface area (Å²) in [5.74, 6) is -4.83. The van der Waals surface area contributed by atoms with Gasteiger partial charge in [0.2, 0.25) is 0 Å². The molecule has 0 fully saturated rings. The molecule has 142 valence electrons. The largest absolute Gasteiger partial charge is 0.494 e. The number of hydrogen-bond acceptors (Lipinski definition) is 1. The summed E-state index contributed by atoms with van der Waals surface area (Å²) in [6, 6.07) is 1.77. The van der Waals surface area contributed by atoms with Crippen LogP contribution < -0.4 is 10.2 Å². The highest BCUT2D eigenvalue weighted by Gasteiger charge is 2.58. The summed E-state index contributed by atoms with van der Waals surface area (Å²) in [6.07, 6.45) is 3.75. The number of methoxy groups -OCH3 is 1. The van der Waals surface area contributed by atoms with Gasteiger partial charge >= 0.3 is 0 Å². The minimum atomic E-state index is -2.83. The van der Waals surface area contributed by atoms with Gasteiger partial charge < -0.3 is 4.74 Å². The molecule has 0 spiro atoms. The number of alkyl halides is 2. The first kappa shape index (κ1) is 19.4. The molecule has 0 radical (unpaired) electrons. The molecular formula is C19H15BF6O. The molecule has 0 saturated carbocycles. The lowest BCUT2D eigenvalue weighted by Crippen LogP contribution is -2.64. The molecule has 27 heavy (non-hydrogen) atoms. The molecule has 2 aliphatic rings. The van der Waals surface area contributed by atoms with Gasteiger partial charge in [0.25, 0.3) is 6.71 Å². The zero-order valence-electron chi connectivity index (χ0n) is 14.3. The normalized spacial score (nSPS) is 27.2. The average molecular weight is 384 g/mol. The fourth-order valence-corrected chi connectivity index (χ4v) is 3.63. The molecule has 2 unspecified atom stereocenters. The number of halogens is 6. The molecule has 1 nitrogen and oxygen atoms in total. The lowest BCUT2D eigenvalue weighted by Gasteiger charge is -2.39. The van der Waals surface area contributed by atoms with E-state index in [1.54, 1.807) is 0 Å². The lowest BCUT2D eigenvalue weighted by molar-refractivity contribution is 0.257. The molecule has 1 aromatic rings. The highest BCUT2D eigenvalue weighted by molar-refractivity contribution is 6.79. The SMILES string of the molecule is COc1ccc(F)c(B(C2(F)C=CC=C(F)C2)C2(F)C=CC=C(F)C2)c1F. The third-order valence-electron chi connectivity index (χ3n) is 4.74. The summed E-state index contributed by atoms with van der Waals surface area (Å²) in [6.45, 7) is -2.19. The van der Waals surface area contributed by atoms with Crippen molar-refractivity contribution < 1.29 is 31.1 Å². The van der Waals surface area contributed by atoms with E-state index in [1.165, 1.54) is 0 Å². The van der Waals surface area contributed by atoms with E-state index in [2.05, 4.69) is 0 Å². The Morgan fingerprint density at radius 1 is 0.889 bits per heavy atom. The van der Waals surface area contributed by atoms with Crippen LogP contribution in [-0.4, -0.2) is 25.0 Å². The fourth-order valence-electron chi connectivity index (χ4n) is 3.63. The minimum Gasteiger partial charge on any atom is -0.494 e. The summed E-state index contributed by atoms with van der Waals surface area (Å²) in [5.41, 5.74) is -6.62. The third kappa shape index (κ3) is 3.45. The molecule has 0 saturated heterocycles. The lowest BCUT2D eigenvalue weighted by atomic mass is 9.26. The van der Waals surface area contributed by atoms with Crippen molar-refractivity contribution in [3.05, 3.63) is 71.9 Å². The smallest absolute Gasteiger partial charge is 0.282 e. The van der Waals surface area contributed by atoms with E-state index < -0.39 is 65.2 Å². The Bertz CT molecular complexity index is 835. The van der Waals surface area contributed by atoms with Gasteiger partial charge in [-0.25, -0.2) is 26.3 Å². The van der Waals surface area contributed by atoms with Crippen molar-refractivity contribution in [3.63, 3.8) is 0 Å². The van der Waals surface area contributed by atoms with Crippen LogP contribution in [0.1, 0.15) is 12.8 Å². The molecule has 0 N–H and O–H groups in total. The van der Waals surface area contributed by atoms with Crippen molar-refractivity contribution in [2.24, 2.45) is 0 Å². The van der Waals surface area contributed by atoms with Gasteiger partial charge in [-0.05, 0) is 24.3 Å². The van der Waals surface area contributed by atoms with Gasteiger partial charge in [0, 0.05) is 18.3 Å². The average Bonchev–Trinajstić information content (AvgIpc) is 2.57. The standard InChI is InChI=1S/C19H15BF6O/c1-27-15-7-6-14(23)16(17(15)24)20(18(25)8-2-4-12(21)10-18)19(26)9-3-5-13(22)11-19/h2-9H,10-11H2,1H3. The second-order valence-corrected chi connectivity index (χ2v) is 6.56. The molecule has 0 heterocycles. The van der Waals surface area contributed by atoms with Crippen molar-refractivity contribution >= 4 is 12.2 Å². The molecule has 0 aliphatic heterocycles. The number of benzene rings is 1. The summed E-state index contributed by atoms with van der Waals surface area (Å²) in [4.78, 5) is 0. The van der Waals surface area contributed by atoms with Gasteiger partial charge in [0.05, 0.1) is 7.11 Å². The van der Waals surface area contributed by atoms with Crippen LogP contribution in [0.15, 0.2) is 60.2 Å². The molecule has 2 atom stereocenters. The maximum Gasteiger partial charge on any atom is 0.282 e. The molecule has 8 heteroatoms. The summed E-state index contributed by atoms with van der Waals surface area (Å²) < 4.78 is 93.4. The van der Waals surface area contributed by atoms with Crippen molar-refractivity contribution in [2.45, 2.75) is 24.0 Å². The predicted octanol–water partition coefficient (Wildman–Crippen LogP) is 4.80. The van der Waals surface area contributed by atoms with E-state index in [9.17, 15) is 17.6 Å². The van der Waals surface area contributed by atoms with Crippen LogP contribution in [0.2, 0.25) is 0 Å². The van der Waals surface area contributed by atoms with Crippen LogP contribution >= 0.6 is 0 Å². The van der Waals surface area contributed by atoms with E-state index in [4.69, 9.17) is 4.74 Å². The zero-order valence-corrected chi connectivity index (χ0v) is 14.3. The number of ether oxygens (including phenoxy) is 1. The number of rotatable bonds is 4. The molecule has 0 amide bonds. The van der Waals surface area contributed by atoms with Gasteiger partial charge in [-0.15, -0.1) is 0 Å². The Morgan fingerprint density at radius 2 is 1.41 bits per heavy atom. The van der Waals surface area contributed by atoms with E-state index in [0.29, 0.717) is 0 Å². The van der Waals surface area contributed by atoms with Crippen molar-refractivity contribution in [2.75, 3.05) is 7.11 Å². The van der Waals surface area contributed by atoms with Crippen LogP contribution in [0.3, 0.4) is 0 Å². The van der Waals surface area contributed by atoms with Crippen molar-refractivity contribution in [3.8, 4) is 5.75 Å². The van der Waals surface area contributed by atoms with Crippen molar-refractivity contribution in [1.29, 1.82) is 0 Å². The Kier molecular flexibility index (Phi) is 5.01. The summed E-state index contributed by atoms with van der Waals surface area (Å²) in [7, 11) is 1.11. The first-order valence-electron chi connectivity index (χ1n) is 8.18. The molecular weight excluding hydrogens is 369 g/mol. The van der Waals surface area contributed by atoms with E-state index in [1.807, 2.05) is 0 Å². The monoisotopic (exact) mass is 384 g/mol. The van der Waals surface area contributed by atoms with Gasteiger partial charge in [0.1, 0.15) is 28.6 Å². The second kappa shape index (κ2) is 6.98. The fraction of sp³-hybridized carbons (Fsp3) is 0.263. The van der Waals surface area contributed by atoms with Crippen molar-refractivity contribution in [1.82, 2.24) is 0 Å². The third-order valence-corrected chi connectivity index (χ3v) is 4.74. The Labute approximate surface area is 152 Å². The maximum absolute atomic E-state index is 15.8. The van der Waals surface area contributed by atoms with Crippen LogP contribution in [0, 0.1) is 11.6 Å². The van der Waals surface area contributed by atoms with Crippen LogP contribution in [0.25, 0.3) is 0 Å². The first-order chi connectivity index (χ1) is 12.7. The second-order valence-electron chi connectivity index (χ2n) is 6.56. The molecule has 2 aliphatic carbocycles. The quantitative estimate of drug-likeness (QED) is 0.536. The highest BCUT2D eigenvalue weighted by atomic mass is 19.2. The van der Waals surface area contributed by atoms with E-state index >= 15 is 8.78 Å². The van der Waals surface area contributed by atoms with Gasteiger partial charge in [-0.3, -0.25) is 0 Å². The van der Waals surface area contributed by atoms with E-state index in [-0.39, 0.29) is 0 Å². The van der Waals surface area contributed by atoms with Gasteiger partial charge in [-0.2, -0.15) is 0 Å². The first-order valence-corrected chi connectivity index (χ1v) is 8.18. The Morgan fingerprint density at radius 3 is 1.85 bits per heavy atom. The molecule has 0 aromatic heterocycles. The molecule has 0 bridgehead atoms. The van der Waals surface area contributed by atoms with Gasteiger partial charge in [0.15, 0.2) is 11.6 Å². The van der Waals surface area contributed by atoms with Gasteiger partial charge in [-0.1, -0.05) is 24.3 Å². The summed E-state index contributed by atoms with van der Waals surface area (Å²) in [5, 5.41) is 0. The number of allylic oxidation sites excluding steroid dienone is 8. The Hall–Kier alpha value is -2.38. The molecule has 3 rings (SSSR count). The predicted molar refractivity (Wildman–Crippen MR) is 91.9 cm³/mol. The Balaban J connectivity index is 2.25. The topological polar surface area (TPSA) is 9.23 Å². The minimum absolute atomic E-state index is 0.435. The highest BCUT2D eigenvalue weighted by Crippen LogP contribution is 2.41. The summed E-state index contributed by atoms with van der Waals surface area (Å²) >= 11 is 0. The number of hydrogen-bond donors (Lipinski definition) is 0. The van der Waals surface area contributed by atoms with E-state index in [0.717, 1.165) is 55.7 Å². The zero-order chi connectivity index (χ0) is 19.8.